The average molecular weight is 408 g/mol. The smallest absolute Gasteiger partial charge is 0.416 e. The number of ether oxygens (including phenoxy) is 2. The largest absolute Gasteiger partial charge is 0.497 e. The van der Waals surface area contributed by atoms with Gasteiger partial charge in [-0.15, -0.1) is 0 Å². The highest BCUT2D eigenvalue weighted by Gasteiger charge is 2.31. The van der Waals surface area contributed by atoms with Crippen LogP contribution in [0.3, 0.4) is 0 Å². The molecule has 0 aromatic heterocycles. The number of benzene rings is 3. The number of methoxy groups -OCH3 is 1. The minimum absolute atomic E-state index is 0.00777. The second kappa shape index (κ2) is 7.55. The van der Waals surface area contributed by atoms with Crippen LogP contribution in [-0.4, -0.2) is 15.5 Å². The van der Waals surface area contributed by atoms with Crippen molar-refractivity contribution in [3.8, 4) is 17.2 Å². The number of hydrogen-bond acceptors (Lipinski definition) is 4. The summed E-state index contributed by atoms with van der Waals surface area (Å²) in [6, 6.07) is 15.8. The molecule has 28 heavy (non-hydrogen) atoms. The van der Waals surface area contributed by atoms with E-state index in [0.29, 0.717) is 5.75 Å². The van der Waals surface area contributed by atoms with Crippen molar-refractivity contribution in [1.82, 2.24) is 0 Å². The standard InChI is InChI=1S/C20H15F3O4S/c1-26-15-9-11-17(12-10-15)28(24,25)19-8-3-2-7-18(19)27-16-6-4-5-14(13-16)20(21,22)23/h2-13H,1H3. The third-order valence-electron chi connectivity index (χ3n) is 3.90. The summed E-state index contributed by atoms with van der Waals surface area (Å²) in [6.07, 6.45) is -4.53. The zero-order chi connectivity index (χ0) is 20.4. The first-order valence-electron chi connectivity index (χ1n) is 8.05. The van der Waals surface area contributed by atoms with E-state index < -0.39 is 21.6 Å². The van der Waals surface area contributed by atoms with Crippen LogP contribution >= 0.6 is 0 Å². The summed E-state index contributed by atoms with van der Waals surface area (Å²) in [4.78, 5) is -0.147. The van der Waals surface area contributed by atoms with E-state index in [2.05, 4.69) is 0 Å². The Hall–Kier alpha value is -3.00. The van der Waals surface area contributed by atoms with Crippen molar-refractivity contribution in [2.45, 2.75) is 16.0 Å². The highest BCUT2D eigenvalue weighted by Crippen LogP contribution is 2.36. The average Bonchev–Trinajstić information content (AvgIpc) is 2.68. The first kappa shape index (κ1) is 19.8. The molecule has 0 atom stereocenters. The summed E-state index contributed by atoms with van der Waals surface area (Å²) in [5, 5.41) is 0. The molecule has 0 bridgehead atoms. The lowest BCUT2D eigenvalue weighted by Gasteiger charge is -2.13. The van der Waals surface area contributed by atoms with Crippen LogP contribution < -0.4 is 9.47 Å². The maximum atomic E-state index is 13.0. The molecule has 0 aliphatic carbocycles. The van der Waals surface area contributed by atoms with Crippen LogP contribution in [-0.2, 0) is 16.0 Å². The minimum Gasteiger partial charge on any atom is -0.497 e. The second-order valence-corrected chi connectivity index (χ2v) is 7.67. The third-order valence-corrected chi connectivity index (χ3v) is 5.71. The van der Waals surface area contributed by atoms with Gasteiger partial charge >= 0.3 is 6.18 Å². The molecule has 0 aliphatic rings. The van der Waals surface area contributed by atoms with E-state index in [1.165, 1.54) is 67.8 Å². The molecule has 3 rings (SSSR count). The van der Waals surface area contributed by atoms with Gasteiger partial charge in [-0.2, -0.15) is 13.2 Å². The number of hydrogen-bond donors (Lipinski definition) is 0. The van der Waals surface area contributed by atoms with Crippen molar-refractivity contribution >= 4 is 9.84 Å². The third kappa shape index (κ3) is 4.12. The molecule has 0 radical (unpaired) electrons. The van der Waals surface area contributed by atoms with E-state index >= 15 is 0 Å². The highest BCUT2D eigenvalue weighted by atomic mass is 32.2. The summed E-state index contributed by atoms with van der Waals surface area (Å²) in [7, 11) is -2.50. The Balaban J connectivity index is 1.99. The maximum Gasteiger partial charge on any atom is 0.416 e. The molecule has 0 saturated carbocycles. The number of halogens is 3. The lowest BCUT2D eigenvalue weighted by atomic mass is 10.2. The Bertz CT molecular complexity index is 1080. The summed E-state index contributed by atoms with van der Waals surface area (Å²) in [6.45, 7) is 0. The number of rotatable bonds is 5. The topological polar surface area (TPSA) is 52.6 Å². The lowest BCUT2D eigenvalue weighted by Crippen LogP contribution is -2.06. The van der Waals surface area contributed by atoms with Gasteiger partial charge in [0, 0.05) is 0 Å². The van der Waals surface area contributed by atoms with Crippen LogP contribution in [0.1, 0.15) is 5.56 Å². The van der Waals surface area contributed by atoms with E-state index in [0.717, 1.165) is 12.1 Å². The van der Waals surface area contributed by atoms with Crippen LogP contribution in [0, 0.1) is 0 Å². The summed E-state index contributed by atoms with van der Waals surface area (Å²) in [5.74, 6) is 0.303. The fourth-order valence-corrected chi connectivity index (χ4v) is 3.88. The zero-order valence-corrected chi connectivity index (χ0v) is 15.4. The first-order chi connectivity index (χ1) is 13.2. The van der Waals surface area contributed by atoms with Gasteiger partial charge in [0.15, 0.2) is 0 Å². The fourth-order valence-electron chi connectivity index (χ4n) is 2.50. The first-order valence-corrected chi connectivity index (χ1v) is 9.53. The minimum atomic E-state index is -4.53. The zero-order valence-electron chi connectivity index (χ0n) is 14.6. The molecule has 0 heterocycles. The normalized spacial score (nSPS) is 11.9. The molecular formula is C20H15F3O4S. The van der Waals surface area contributed by atoms with Crippen LogP contribution in [0.5, 0.6) is 17.2 Å². The maximum absolute atomic E-state index is 13.0. The molecule has 0 unspecified atom stereocenters. The molecular weight excluding hydrogens is 393 g/mol. The van der Waals surface area contributed by atoms with Crippen molar-refractivity contribution < 1.29 is 31.1 Å². The van der Waals surface area contributed by atoms with Crippen molar-refractivity contribution in [3.63, 3.8) is 0 Å². The Morgan fingerprint density at radius 3 is 2.14 bits per heavy atom. The quantitative estimate of drug-likeness (QED) is 0.572. The van der Waals surface area contributed by atoms with Gasteiger partial charge in [0.05, 0.1) is 17.6 Å². The molecule has 4 nitrogen and oxygen atoms in total. The van der Waals surface area contributed by atoms with Gasteiger partial charge < -0.3 is 9.47 Å². The van der Waals surface area contributed by atoms with Gasteiger partial charge in [0.25, 0.3) is 0 Å². The van der Waals surface area contributed by atoms with Gasteiger partial charge in [-0.1, -0.05) is 18.2 Å². The van der Waals surface area contributed by atoms with Gasteiger partial charge in [-0.25, -0.2) is 8.42 Å². The molecule has 8 heteroatoms. The Labute approximate surface area is 160 Å². The molecule has 0 N–H and O–H groups in total. The Morgan fingerprint density at radius 2 is 1.50 bits per heavy atom. The van der Waals surface area contributed by atoms with Gasteiger partial charge in [-0.3, -0.25) is 0 Å². The Morgan fingerprint density at radius 1 is 0.821 bits per heavy atom. The lowest BCUT2D eigenvalue weighted by molar-refractivity contribution is -0.137. The van der Waals surface area contributed by atoms with E-state index in [-0.39, 0.29) is 21.3 Å². The molecule has 0 aliphatic heterocycles. The molecule has 3 aromatic rings. The predicted octanol–water partition coefficient (Wildman–Crippen LogP) is 5.34. The molecule has 0 spiro atoms. The summed E-state index contributed by atoms with van der Waals surface area (Å²) in [5.41, 5.74) is -0.888. The van der Waals surface area contributed by atoms with Crippen LogP contribution in [0.25, 0.3) is 0 Å². The van der Waals surface area contributed by atoms with Crippen LogP contribution in [0.4, 0.5) is 13.2 Å². The van der Waals surface area contributed by atoms with E-state index in [9.17, 15) is 21.6 Å². The van der Waals surface area contributed by atoms with Crippen molar-refractivity contribution in [2.75, 3.05) is 7.11 Å². The molecule has 146 valence electrons. The number of sulfone groups is 1. The molecule has 0 fully saturated rings. The number of alkyl halides is 3. The molecule has 0 saturated heterocycles. The molecule has 0 amide bonds. The van der Waals surface area contributed by atoms with E-state index in [1.807, 2.05) is 0 Å². The van der Waals surface area contributed by atoms with Crippen molar-refractivity contribution in [2.24, 2.45) is 0 Å². The van der Waals surface area contributed by atoms with E-state index in [1.54, 1.807) is 0 Å². The van der Waals surface area contributed by atoms with Gasteiger partial charge in [-0.05, 0) is 54.6 Å². The monoisotopic (exact) mass is 408 g/mol. The van der Waals surface area contributed by atoms with Crippen LogP contribution in [0.15, 0.2) is 82.6 Å². The second-order valence-electron chi connectivity index (χ2n) is 5.75. The fraction of sp³-hybridized carbons (Fsp3) is 0.100. The van der Waals surface area contributed by atoms with Crippen molar-refractivity contribution in [3.05, 3.63) is 78.4 Å². The molecule has 3 aromatic carbocycles. The highest BCUT2D eigenvalue weighted by molar-refractivity contribution is 7.91. The van der Waals surface area contributed by atoms with Crippen LogP contribution in [0.2, 0.25) is 0 Å². The van der Waals surface area contributed by atoms with Crippen molar-refractivity contribution in [1.29, 1.82) is 0 Å². The van der Waals surface area contributed by atoms with Gasteiger partial charge in [0.1, 0.15) is 22.1 Å². The van der Waals surface area contributed by atoms with E-state index in [4.69, 9.17) is 9.47 Å². The number of para-hydroxylation sites is 1. The summed E-state index contributed by atoms with van der Waals surface area (Å²) >= 11 is 0. The predicted molar refractivity (Wildman–Crippen MR) is 96.4 cm³/mol. The Kier molecular flexibility index (Phi) is 5.33. The van der Waals surface area contributed by atoms with Gasteiger partial charge in [0.2, 0.25) is 9.84 Å². The summed E-state index contributed by atoms with van der Waals surface area (Å²) < 4.78 is 75.1. The SMILES string of the molecule is COc1ccc(S(=O)(=O)c2ccccc2Oc2cccc(C(F)(F)F)c2)cc1.